The number of hydrogen-bond donors (Lipinski definition) is 2. The van der Waals surface area contributed by atoms with E-state index in [1.54, 1.807) is 35.8 Å². The predicted molar refractivity (Wildman–Crippen MR) is 128 cm³/mol. The smallest absolute Gasteiger partial charge is 0.255 e. The van der Waals surface area contributed by atoms with Gasteiger partial charge < -0.3 is 15.4 Å². The number of pyridine rings is 1. The van der Waals surface area contributed by atoms with Crippen molar-refractivity contribution < 1.29 is 9.59 Å². The first kappa shape index (κ1) is 21.9. The van der Waals surface area contributed by atoms with Crippen LogP contribution in [0.25, 0.3) is 20.0 Å². The van der Waals surface area contributed by atoms with Crippen molar-refractivity contribution in [3.05, 3.63) is 29.5 Å². The summed E-state index contributed by atoms with van der Waals surface area (Å²) in [5.41, 5.74) is 3.25. The topological polar surface area (TPSA) is 84.0 Å². The van der Waals surface area contributed by atoms with Crippen molar-refractivity contribution in [3.63, 3.8) is 0 Å². The van der Waals surface area contributed by atoms with Gasteiger partial charge in [0, 0.05) is 41.2 Å². The number of thiophene rings is 1. The van der Waals surface area contributed by atoms with Crippen LogP contribution in [0.1, 0.15) is 63.2 Å². The number of amides is 1. The normalized spacial score (nSPS) is 19.0. The van der Waals surface area contributed by atoms with Gasteiger partial charge in [-0.05, 0) is 58.4 Å². The van der Waals surface area contributed by atoms with Gasteiger partial charge in [-0.2, -0.15) is 0 Å². The van der Waals surface area contributed by atoms with Crippen LogP contribution in [0.4, 0.5) is 5.69 Å². The highest BCUT2D eigenvalue weighted by Gasteiger charge is 2.25. The Kier molecular flexibility index (Phi) is 6.67. The molecular weight excluding hydrogens is 428 g/mol. The van der Waals surface area contributed by atoms with Crippen LogP contribution in [0.2, 0.25) is 0 Å². The van der Waals surface area contributed by atoms with Gasteiger partial charge in [-0.15, -0.1) is 22.7 Å². The maximum Gasteiger partial charge on any atom is 0.255 e. The van der Waals surface area contributed by atoms with Crippen molar-refractivity contribution in [2.75, 3.05) is 5.32 Å². The van der Waals surface area contributed by atoms with E-state index in [1.807, 2.05) is 11.7 Å². The molecular formula is C23H28N4O2S2. The minimum Gasteiger partial charge on any atom is -0.382 e. The van der Waals surface area contributed by atoms with Crippen LogP contribution < -0.4 is 10.6 Å². The lowest BCUT2D eigenvalue weighted by Crippen LogP contribution is -2.38. The molecule has 0 radical (unpaired) electrons. The highest BCUT2D eigenvalue weighted by molar-refractivity contribution is 7.25. The first-order chi connectivity index (χ1) is 14.9. The molecule has 1 aliphatic carbocycles. The zero-order valence-electron chi connectivity index (χ0n) is 18.1. The molecule has 6 nitrogen and oxygen atoms in total. The van der Waals surface area contributed by atoms with E-state index in [0.717, 1.165) is 51.3 Å². The fourth-order valence-electron chi connectivity index (χ4n) is 4.25. The second-order valence-corrected chi connectivity index (χ2v) is 10.6. The molecule has 0 saturated heterocycles. The number of ketones is 1. The number of fused-ring (bicyclic) bond motifs is 1. The van der Waals surface area contributed by atoms with E-state index in [0.29, 0.717) is 17.9 Å². The van der Waals surface area contributed by atoms with E-state index < -0.39 is 0 Å². The monoisotopic (exact) mass is 456 g/mol. The molecule has 31 heavy (non-hydrogen) atoms. The molecule has 0 aromatic carbocycles. The summed E-state index contributed by atoms with van der Waals surface area (Å²) < 4.78 is 0. The Morgan fingerprint density at radius 2 is 1.94 bits per heavy atom. The van der Waals surface area contributed by atoms with Crippen LogP contribution in [0.15, 0.2) is 24.0 Å². The number of carbonyl (C=O) groups excluding carboxylic acids is 2. The van der Waals surface area contributed by atoms with Gasteiger partial charge in [-0.1, -0.05) is 0 Å². The molecule has 4 rings (SSSR count). The molecule has 3 aromatic rings. The Morgan fingerprint density at radius 3 is 2.58 bits per heavy atom. The number of nitrogens with zero attached hydrogens (tertiary/aromatic N) is 2. The van der Waals surface area contributed by atoms with E-state index in [-0.39, 0.29) is 23.8 Å². The highest BCUT2D eigenvalue weighted by Crippen LogP contribution is 2.39. The number of Topliss-reactive ketones (excluding diaryl/α,β-unsaturated/α-hetero) is 1. The molecule has 2 N–H and O–H groups in total. The molecule has 0 aliphatic heterocycles. The quantitative estimate of drug-likeness (QED) is 0.490. The Labute approximate surface area is 190 Å². The van der Waals surface area contributed by atoms with E-state index in [2.05, 4.69) is 40.5 Å². The lowest BCUT2D eigenvalue weighted by molar-refractivity contribution is -0.118. The third-order valence-corrected chi connectivity index (χ3v) is 7.68. The largest absolute Gasteiger partial charge is 0.382 e. The molecule has 0 bridgehead atoms. The predicted octanol–water partition coefficient (Wildman–Crippen LogP) is 5.51. The lowest BCUT2D eigenvalue weighted by Gasteiger charge is -2.29. The summed E-state index contributed by atoms with van der Waals surface area (Å²) in [6.45, 7) is 5.80. The Balaban J connectivity index is 1.56. The number of anilines is 1. The van der Waals surface area contributed by atoms with Crippen molar-refractivity contribution in [1.29, 1.82) is 0 Å². The summed E-state index contributed by atoms with van der Waals surface area (Å²) in [7, 11) is 0. The SMILES string of the molecule is CC(=O)CC1CCC(NC(=O)c2cnc3sc(-c4cncs4)cc3c2NC(C)C)CC1. The number of carbonyl (C=O) groups is 2. The maximum atomic E-state index is 13.2. The van der Waals surface area contributed by atoms with Crippen LogP contribution in [-0.2, 0) is 4.79 Å². The van der Waals surface area contributed by atoms with Crippen molar-refractivity contribution in [2.45, 2.75) is 65.0 Å². The Bertz CT molecular complexity index is 1070. The lowest BCUT2D eigenvalue weighted by atomic mass is 9.83. The molecule has 3 heterocycles. The van der Waals surface area contributed by atoms with Crippen LogP contribution in [0, 0.1) is 5.92 Å². The fourth-order valence-corrected chi connectivity index (χ4v) is 5.96. The van der Waals surface area contributed by atoms with Gasteiger partial charge in [-0.3, -0.25) is 9.78 Å². The molecule has 0 spiro atoms. The van der Waals surface area contributed by atoms with Crippen molar-refractivity contribution in [2.24, 2.45) is 5.92 Å². The molecule has 0 atom stereocenters. The minimum absolute atomic E-state index is 0.0851. The van der Waals surface area contributed by atoms with Crippen molar-refractivity contribution in [3.8, 4) is 9.75 Å². The summed E-state index contributed by atoms with van der Waals surface area (Å²) in [4.78, 5) is 36.5. The maximum absolute atomic E-state index is 13.2. The summed E-state index contributed by atoms with van der Waals surface area (Å²) in [6.07, 6.45) is 8.02. The minimum atomic E-state index is -0.0851. The molecule has 1 aliphatic rings. The van der Waals surface area contributed by atoms with Crippen LogP contribution in [0.5, 0.6) is 0 Å². The first-order valence-electron chi connectivity index (χ1n) is 10.8. The average molecular weight is 457 g/mol. The fraction of sp³-hybridized carbons (Fsp3) is 0.478. The standard InChI is InChI=1S/C23H28N4O2S2/c1-13(2)26-21-17-9-19(20-11-24-12-30-20)31-23(17)25-10-18(21)22(29)27-16-6-4-15(5-7-16)8-14(3)28/h9-13,15-16H,4-8H2,1-3H3,(H,25,26)(H,27,29). The summed E-state index contributed by atoms with van der Waals surface area (Å²) in [6, 6.07) is 2.44. The number of thiazole rings is 1. The van der Waals surface area contributed by atoms with Gasteiger partial charge in [0.05, 0.1) is 21.6 Å². The van der Waals surface area contributed by atoms with Crippen LogP contribution in [-0.4, -0.2) is 33.7 Å². The summed E-state index contributed by atoms with van der Waals surface area (Å²) >= 11 is 3.22. The number of nitrogens with one attached hydrogen (secondary N) is 2. The van der Waals surface area contributed by atoms with Gasteiger partial charge in [0.1, 0.15) is 10.6 Å². The van der Waals surface area contributed by atoms with Crippen LogP contribution in [0.3, 0.4) is 0 Å². The number of aromatic nitrogens is 2. The van der Waals surface area contributed by atoms with Crippen LogP contribution >= 0.6 is 22.7 Å². The van der Waals surface area contributed by atoms with Gasteiger partial charge in [0.2, 0.25) is 0 Å². The van der Waals surface area contributed by atoms with Gasteiger partial charge >= 0.3 is 0 Å². The molecule has 3 aromatic heterocycles. The molecule has 1 fully saturated rings. The first-order valence-corrected chi connectivity index (χ1v) is 12.5. The summed E-state index contributed by atoms with van der Waals surface area (Å²) in [5.74, 6) is 0.626. The van der Waals surface area contributed by atoms with Crippen molar-refractivity contribution in [1.82, 2.24) is 15.3 Å². The van der Waals surface area contributed by atoms with Gasteiger partial charge in [-0.25, -0.2) is 4.98 Å². The number of rotatable bonds is 7. The third-order valence-electron chi connectivity index (χ3n) is 5.67. The van der Waals surface area contributed by atoms with E-state index in [1.165, 1.54) is 0 Å². The Morgan fingerprint density at radius 1 is 1.16 bits per heavy atom. The average Bonchev–Trinajstić information content (AvgIpc) is 3.38. The van der Waals surface area contributed by atoms with Gasteiger partial charge in [0.25, 0.3) is 5.91 Å². The molecule has 0 unspecified atom stereocenters. The second kappa shape index (κ2) is 9.44. The van der Waals surface area contributed by atoms with Crippen molar-refractivity contribution >= 4 is 50.3 Å². The molecule has 164 valence electrons. The zero-order chi connectivity index (χ0) is 22.0. The molecule has 1 saturated carbocycles. The Hall–Kier alpha value is -2.32. The third kappa shape index (κ3) is 5.13. The second-order valence-electron chi connectivity index (χ2n) is 8.64. The zero-order valence-corrected chi connectivity index (χ0v) is 19.7. The highest BCUT2D eigenvalue weighted by atomic mass is 32.1. The van der Waals surface area contributed by atoms with Gasteiger partial charge in [0.15, 0.2) is 0 Å². The van der Waals surface area contributed by atoms with E-state index in [9.17, 15) is 9.59 Å². The number of hydrogen-bond acceptors (Lipinski definition) is 7. The van der Waals surface area contributed by atoms with E-state index in [4.69, 9.17) is 0 Å². The summed E-state index contributed by atoms with van der Waals surface area (Å²) in [5, 5.41) is 7.66. The molecule has 1 amide bonds. The van der Waals surface area contributed by atoms with E-state index >= 15 is 0 Å². The molecule has 8 heteroatoms.